The number of rotatable bonds is 3. The van der Waals surface area contributed by atoms with E-state index in [4.69, 9.17) is 0 Å². The van der Waals surface area contributed by atoms with E-state index in [1.807, 2.05) is 6.92 Å². The Morgan fingerprint density at radius 3 is 2.17 bits per heavy atom. The first-order chi connectivity index (χ1) is 8.52. The lowest BCUT2D eigenvalue weighted by Crippen LogP contribution is -2.04. The minimum absolute atomic E-state index is 0.771. The molecule has 0 aliphatic carbocycles. The number of benzene rings is 1. The maximum atomic E-state index is 4.36. The molecular formula is C12H10I3N3. The summed E-state index contributed by atoms with van der Waals surface area (Å²) in [5, 5.41) is 0. The molecule has 1 heterocycles. The molecule has 3 nitrogen and oxygen atoms in total. The molecule has 1 aromatic carbocycles. The molecule has 2 aromatic rings. The average Bonchev–Trinajstić information content (AvgIpc) is 2.23. The Morgan fingerprint density at radius 2 is 1.56 bits per heavy atom. The van der Waals surface area contributed by atoms with E-state index in [1.165, 1.54) is 12.7 Å². The van der Waals surface area contributed by atoms with Crippen LogP contribution in [0.25, 0.3) is 0 Å². The molecule has 0 saturated heterocycles. The topological polar surface area (TPSA) is 38.7 Å². The van der Waals surface area contributed by atoms with E-state index >= 15 is 0 Å². The van der Waals surface area contributed by atoms with Gasteiger partial charge in [-0.15, -0.1) is 0 Å². The number of aryl methyl sites for hydroxylation is 3. The molecule has 0 spiro atoms. The highest BCUT2D eigenvalue weighted by molar-refractivity contribution is 14.1. The predicted molar refractivity (Wildman–Crippen MR) is 96.6 cm³/mol. The van der Waals surface area contributed by atoms with Gasteiger partial charge in [0.25, 0.3) is 0 Å². The fourth-order valence-corrected chi connectivity index (χ4v) is 4.32. The van der Waals surface area contributed by atoms with Gasteiger partial charge >= 0.3 is 0 Å². The maximum Gasteiger partial charge on any atom is 0.194 e. The van der Waals surface area contributed by atoms with Crippen LogP contribution in [0.2, 0.25) is 0 Å². The van der Waals surface area contributed by atoms with Crippen LogP contribution in [0.3, 0.4) is 0 Å². The second kappa shape index (κ2) is 6.73. The lowest BCUT2D eigenvalue weighted by atomic mass is 10.1. The van der Waals surface area contributed by atoms with Crippen molar-refractivity contribution in [3.63, 3.8) is 0 Å². The Labute approximate surface area is 147 Å². The predicted octanol–water partition coefficient (Wildman–Crippen LogP) is 3.78. The zero-order valence-electron chi connectivity index (χ0n) is 9.62. The van der Waals surface area contributed by atoms with Crippen molar-refractivity contribution in [2.75, 3.05) is 0 Å². The van der Waals surface area contributed by atoms with E-state index in [0.717, 1.165) is 28.3 Å². The largest absolute Gasteiger partial charge is 0.218 e. The second-order valence-corrected chi connectivity index (χ2v) is 7.30. The first kappa shape index (κ1) is 14.8. The van der Waals surface area contributed by atoms with Crippen molar-refractivity contribution in [3.05, 3.63) is 46.4 Å². The first-order valence-corrected chi connectivity index (χ1v) is 8.58. The summed E-state index contributed by atoms with van der Waals surface area (Å²) in [6.07, 6.45) is 1.82. The van der Waals surface area contributed by atoms with Crippen LogP contribution in [0.5, 0.6) is 0 Å². The van der Waals surface area contributed by atoms with Crippen LogP contribution in [0.1, 0.15) is 17.2 Å². The Bertz CT molecular complexity index is 480. The smallest absolute Gasteiger partial charge is 0.194 e. The molecule has 0 amide bonds. The van der Waals surface area contributed by atoms with Gasteiger partial charge in [0.2, 0.25) is 0 Å². The summed E-state index contributed by atoms with van der Waals surface area (Å²) < 4.78 is 3.32. The molecule has 6 heteroatoms. The highest BCUT2D eigenvalue weighted by Gasteiger charge is 2.03. The Hall–Kier alpha value is 0.420. The Balaban J connectivity index is 2.11. The molecule has 1 aromatic heterocycles. The van der Waals surface area contributed by atoms with E-state index in [2.05, 4.69) is 101 Å². The van der Waals surface area contributed by atoms with Gasteiger partial charge in [-0.25, -0.2) is 15.0 Å². The first-order valence-electron chi connectivity index (χ1n) is 5.35. The molecule has 94 valence electrons. The fraction of sp³-hybridized carbons (Fsp3) is 0.250. The van der Waals surface area contributed by atoms with E-state index < -0.39 is 0 Å². The van der Waals surface area contributed by atoms with Gasteiger partial charge in [-0.1, -0.05) is 0 Å². The number of aromatic nitrogens is 3. The zero-order chi connectivity index (χ0) is 13.1. The van der Waals surface area contributed by atoms with Crippen LogP contribution in [0, 0.1) is 17.9 Å². The van der Waals surface area contributed by atoms with Crippen molar-refractivity contribution in [3.8, 4) is 0 Å². The van der Waals surface area contributed by atoms with Crippen molar-refractivity contribution in [1.29, 1.82) is 0 Å². The van der Waals surface area contributed by atoms with E-state index in [9.17, 15) is 0 Å². The van der Waals surface area contributed by atoms with E-state index in [1.54, 1.807) is 0 Å². The zero-order valence-corrected chi connectivity index (χ0v) is 16.1. The molecule has 0 N–H and O–H groups in total. The molecule has 0 aliphatic heterocycles. The number of halogens is 3. The Morgan fingerprint density at radius 1 is 0.889 bits per heavy atom. The molecule has 0 unspecified atom stereocenters. The van der Waals surface area contributed by atoms with Gasteiger partial charge in [0, 0.05) is 36.2 Å². The highest BCUT2D eigenvalue weighted by atomic mass is 127. The quantitative estimate of drug-likeness (QED) is 0.522. The normalized spacial score (nSPS) is 10.7. The summed E-state index contributed by atoms with van der Waals surface area (Å²) in [4.78, 5) is 12.9. The van der Waals surface area contributed by atoms with Crippen LogP contribution in [0.15, 0.2) is 18.2 Å². The maximum absolute atomic E-state index is 4.36. The second-order valence-electron chi connectivity index (χ2n) is 3.85. The van der Waals surface area contributed by atoms with Crippen molar-refractivity contribution in [2.24, 2.45) is 0 Å². The van der Waals surface area contributed by atoms with Gasteiger partial charge in [-0.3, -0.25) is 0 Å². The summed E-state index contributed by atoms with van der Waals surface area (Å²) >= 11 is 6.83. The van der Waals surface area contributed by atoms with Gasteiger partial charge in [0.05, 0.1) is 0 Å². The third-order valence-corrected chi connectivity index (χ3v) is 4.05. The summed E-state index contributed by atoms with van der Waals surface area (Å²) in [6, 6.07) is 6.59. The molecular weight excluding hydrogens is 567 g/mol. The number of nitrogens with zero attached hydrogens (tertiary/aromatic N) is 3. The lowest BCUT2D eigenvalue weighted by molar-refractivity contribution is 0.799. The highest BCUT2D eigenvalue weighted by Crippen LogP contribution is 2.15. The Kier molecular flexibility index (Phi) is 5.54. The van der Waals surface area contributed by atoms with Gasteiger partial charge < -0.3 is 0 Å². The molecule has 0 aliphatic rings. The molecule has 18 heavy (non-hydrogen) atoms. The van der Waals surface area contributed by atoms with Crippen LogP contribution >= 0.6 is 67.8 Å². The van der Waals surface area contributed by atoms with E-state index in [0.29, 0.717) is 0 Å². The van der Waals surface area contributed by atoms with Crippen LogP contribution in [-0.2, 0) is 12.8 Å². The lowest BCUT2D eigenvalue weighted by Gasteiger charge is -2.04. The third-order valence-electron chi connectivity index (χ3n) is 2.33. The fourth-order valence-electron chi connectivity index (χ4n) is 1.63. The summed E-state index contributed by atoms with van der Waals surface area (Å²) in [6.45, 7) is 1.90. The van der Waals surface area contributed by atoms with Crippen LogP contribution in [-0.4, -0.2) is 15.0 Å². The summed E-state index contributed by atoms with van der Waals surface area (Å²) in [5.74, 6) is 1.67. The number of hydrogen-bond acceptors (Lipinski definition) is 3. The van der Waals surface area contributed by atoms with Gasteiger partial charge in [0.15, 0.2) is 3.83 Å². The summed E-state index contributed by atoms with van der Waals surface area (Å²) in [5.41, 5.74) is 1.33. The number of hydrogen-bond donors (Lipinski definition) is 0. The van der Waals surface area contributed by atoms with Gasteiger partial charge in [-0.2, -0.15) is 0 Å². The van der Waals surface area contributed by atoms with Crippen LogP contribution < -0.4 is 0 Å². The average molecular weight is 577 g/mol. The van der Waals surface area contributed by atoms with Gasteiger partial charge in [-0.05, 0) is 82.3 Å². The van der Waals surface area contributed by atoms with Crippen molar-refractivity contribution in [2.45, 2.75) is 19.8 Å². The molecule has 2 rings (SSSR count). The van der Waals surface area contributed by atoms with E-state index in [-0.39, 0.29) is 0 Å². The molecule has 0 saturated carbocycles. The van der Waals surface area contributed by atoms with Crippen molar-refractivity contribution < 1.29 is 0 Å². The summed E-state index contributed by atoms with van der Waals surface area (Å²) in [7, 11) is 0. The molecule has 0 bridgehead atoms. The van der Waals surface area contributed by atoms with Crippen molar-refractivity contribution >= 4 is 67.8 Å². The molecule has 0 fully saturated rings. The minimum Gasteiger partial charge on any atom is -0.218 e. The standard InChI is InChI=1S/C12H10I3N3/c1-7-16-11(18-12(15)17-7)3-2-8-4-9(13)6-10(14)5-8/h4-6H,2-3H2,1H3. The van der Waals surface area contributed by atoms with Crippen LogP contribution in [0.4, 0.5) is 0 Å². The monoisotopic (exact) mass is 577 g/mol. The van der Waals surface area contributed by atoms with Crippen molar-refractivity contribution in [1.82, 2.24) is 15.0 Å². The molecule has 0 atom stereocenters. The minimum atomic E-state index is 0.771. The third kappa shape index (κ3) is 4.51. The van der Waals surface area contributed by atoms with Gasteiger partial charge in [0.1, 0.15) is 11.6 Å². The SMILES string of the molecule is Cc1nc(I)nc(CCc2cc(I)cc(I)c2)n1. The molecule has 0 radical (unpaired) electrons.